The zero-order valence-corrected chi connectivity index (χ0v) is 9.72. The van der Waals surface area contributed by atoms with Crippen LogP contribution in [0.15, 0.2) is 0 Å². The van der Waals surface area contributed by atoms with Crippen LogP contribution in [0.1, 0.15) is 34.5 Å². The van der Waals surface area contributed by atoms with E-state index in [1.54, 1.807) is 0 Å². The van der Waals surface area contributed by atoms with Crippen LogP contribution in [0.4, 0.5) is 0 Å². The Morgan fingerprint density at radius 1 is 1.43 bits per heavy atom. The summed E-state index contributed by atoms with van der Waals surface area (Å²) >= 11 is 3.98. The number of thiazole rings is 1. The van der Waals surface area contributed by atoms with E-state index >= 15 is 0 Å². The van der Waals surface area contributed by atoms with Crippen molar-refractivity contribution in [2.45, 2.75) is 31.1 Å². The van der Waals surface area contributed by atoms with Crippen LogP contribution in [0.3, 0.4) is 0 Å². The highest BCUT2D eigenvalue weighted by molar-refractivity contribution is 7.98. The van der Waals surface area contributed by atoms with Gasteiger partial charge in [0.05, 0.1) is 11.7 Å². The first-order chi connectivity index (χ1) is 6.93. The Hall–Kier alpha value is -0.0600. The second-order valence-electron chi connectivity index (χ2n) is 3.87. The lowest BCUT2D eigenvalue weighted by Crippen LogP contribution is -2.12. The smallest absolute Gasteiger partial charge is 0.110 e. The van der Waals surface area contributed by atoms with Gasteiger partial charge < -0.3 is 5.32 Å². The molecular formula is C10H14N2S2. The molecule has 3 heterocycles. The first kappa shape index (κ1) is 9.19. The summed E-state index contributed by atoms with van der Waals surface area (Å²) < 4.78 is 0. The lowest BCUT2D eigenvalue weighted by atomic mass is 10.2. The second kappa shape index (κ2) is 3.83. The molecule has 2 aliphatic heterocycles. The van der Waals surface area contributed by atoms with Crippen molar-refractivity contribution in [1.29, 1.82) is 0 Å². The fourth-order valence-corrected chi connectivity index (χ4v) is 4.43. The van der Waals surface area contributed by atoms with Crippen LogP contribution in [0.5, 0.6) is 0 Å². The molecule has 1 N–H and O–H groups in total. The number of nitrogens with zero attached hydrogens (tertiary/aromatic N) is 1. The lowest BCUT2D eigenvalue weighted by molar-refractivity contribution is 0.640. The van der Waals surface area contributed by atoms with E-state index in [1.165, 1.54) is 52.9 Å². The Bertz CT molecular complexity index is 305. The molecule has 0 aliphatic carbocycles. The van der Waals surface area contributed by atoms with Crippen LogP contribution < -0.4 is 5.32 Å². The Balaban J connectivity index is 1.87. The molecule has 1 saturated heterocycles. The quantitative estimate of drug-likeness (QED) is 0.795. The summed E-state index contributed by atoms with van der Waals surface area (Å²) in [6.45, 7) is 1.17. The molecule has 0 amide bonds. The molecule has 4 heteroatoms. The van der Waals surface area contributed by atoms with Gasteiger partial charge in [-0.05, 0) is 31.6 Å². The van der Waals surface area contributed by atoms with E-state index in [4.69, 9.17) is 4.98 Å². The number of aryl methyl sites for hydroxylation is 1. The van der Waals surface area contributed by atoms with Crippen molar-refractivity contribution in [3.8, 4) is 0 Å². The maximum atomic E-state index is 4.78. The molecule has 0 bridgehead atoms. The van der Waals surface area contributed by atoms with Crippen LogP contribution >= 0.6 is 23.1 Å². The molecule has 0 spiro atoms. The summed E-state index contributed by atoms with van der Waals surface area (Å²) in [5.74, 6) is 2.45. The van der Waals surface area contributed by atoms with Crippen molar-refractivity contribution in [1.82, 2.24) is 10.3 Å². The van der Waals surface area contributed by atoms with Gasteiger partial charge >= 0.3 is 0 Å². The number of nitrogens with one attached hydrogen (secondary N) is 1. The summed E-state index contributed by atoms with van der Waals surface area (Å²) in [4.78, 5) is 6.31. The van der Waals surface area contributed by atoms with Gasteiger partial charge in [0.15, 0.2) is 0 Å². The maximum absolute atomic E-state index is 4.78. The second-order valence-corrected chi connectivity index (χ2v) is 6.09. The third-order valence-corrected chi connectivity index (χ3v) is 5.25. The van der Waals surface area contributed by atoms with Gasteiger partial charge in [-0.25, -0.2) is 4.98 Å². The number of hydrogen-bond donors (Lipinski definition) is 1. The average molecular weight is 226 g/mol. The molecule has 1 aromatic heterocycles. The zero-order valence-electron chi connectivity index (χ0n) is 8.08. The van der Waals surface area contributed by atoms with Gasteiger partial charge in [0, 0.05) is 10.6 Å². The van der Waals surface area contributed by atoms with E-state index < -0.39 is 0 Å². The first-order valence-electron chi connectivity index (χ1n) is 5.23. The SMILES string of the molecule is C1CNC(c2nc3c(s2)CSCC3)C1. The Morgan fingerprint density at radius 3 is 3.21 bits per heavy atom. The molecule has 14 heavy (non-hydrogen) atoms. The van der Waals surface area contributed by atoms with Crippen molar-refractivity contribution >= 4 is 23.1 Å². The standard InChI is InChI=1S/C10H14N2S2/c1-2-8(11-4-1)10-12-7-3-5-13-6-9(7)14-10/h8,11H,1-6H2. The molecule has 1 unspecified atom stereocenters. The fourth-order valence-electron chi connectivity index (χ4n) is 2.09. The van der Waals surface area contributed by atoms with Gasteiger partial charge in [0.1, 0.15) is 5.01 Å². The molecule has 2 aliphatic rings. The van der Waals surface area contributed by atoms with Gasteiger partial charge in [0.25, 0.3) is 0 Å². The first-order valence-corrected chi connectivity index (χ1v) is 7.20. The van der Waals surface area contributed by atoms with E-state index in [2.05, 4.69) is 5.32 Å². The molecule has 0 saturated carbocycles. The largest absolute Gasteiger partial charge is 0.308 e. The van der Waals surface area contributed by atoms with Crippen molar-refractivity contribution in [2.24, 2.45) is 0 Å². The Kier molecular flexibility index (Phi) is 2.51. The minimum absolute atomic E-state index is 0.565. The average Bonchev–Trinajstić information content (AvgIpc) is 2.86. The van der Waals surface area contributed by atoms with Crippen molar-refractivity contribution in [2.75, 3.05) is 12.3 Å². The summed E-state index contributed by atoms with van der Waals surface area (Å²) in [5, 5.41) is 4.87. The van der Waals surface area contributed by atoms with Gasteiger partial charge in [0.2, 0.25) is 0 Å². The highest BCUT2D eigenvalue weighted by Crippen LogP contribution is 2.34. The molecule has 1 atom stereocenters. The normalized spacial score (nSPS) is 26.4. The van der Waals surface area contributed by atoms with Crippen LogP contribution in [0, 0.1) is 0 Å². The summed E-state index contributed by atoms with van der Waals surface area (Å²) in [5.41, 5.74) is 1.39. The Labute approximate surface area is 92.5 Å². The van der Waals surface area contributed by atoms with E-state index in [0.29, 0.717) is 6.04 Å². The van der Waals surface area contributed by atoms with E-state index in [0.717, 1.165) is 0 Å². The minimum Gasteiger partial charge on any atom is -0.308 e. The number of aromatic nitrogens is 1. The highest BCUT2D eigenvalue weighted by Gasteiger charge is 2.23. The van der Waals surface area contributed by atoms with Gasteiger partial charge in [-0.2, -0.15) is 11.8 Å². The molecule has 3 rings (SSSR count). The third-order valence-electron chi connectivity index (χ3n) is 2.87. The minimum atomic E-state index is 0.565. The van der Waals surface area contributed by atoms with Crippen molar-refractivity contribution in [3.63, 3.8) is 0 Å². The predicted molar refractivity (Wildman–Crippen MR) is 62.0 cm³/mol. The number of hydrogen-bond acceptors (Lipinski definition) is 4. The van der Waals surface area contributed by atoms with Gasteiger partial charge in [-0.1, -0.05) is 0 Å². The van der Waals surface area contributed by atoms with Crippen LogP contribution in [0.25, 0.3) is 0 Å². The molecular weight excluding hydrogens is 212 g/mol. The third kappa shape index (κ3) is 1.59. The molecule has 0 radical (unpaired) electrons. The van der Waals surface area contributed by atoms with Crippen LogP contribution in [-0.2, 0) is 12.2 Å². The van der Waals surface area contributed by atoms with E-state index in [1.807, 2.05) is 23.1 Å². The zero-order chi connectivity index (χ0) is 9.38. The van der Waals surface area contributed by atoms with Crippen LogP contribution in [-0.4, -0.2) is 17.3 Å². The molecule has 76 valence electrons. The molecule has 1 fully saturated rings. The van der Waals surface area contributed by atoms with Gasteiger partial charge in [-0.3, -0.25) is 0 Å². The predicted octanol–water partition coefficient (Wildman–Crippen LogP) is 2.36. The highest BCUT2D eigenvalue weighted by atomic mass is 32.2. The van der Waals surface area contributed by atoms with Crippen LogP contribution in [0.2, 0.25) is 0 Å². The van der Waals surface area contributed by atoms with E-state index in [9.17, 15) is 0 Å². The molecule has 0 aromatic carbocycles. The number of thioether (sulfide) groups is 1. The van der Waals surface area contributed by atoms with E-state index in [-0.39, 0.29) is 0 Å². The monoisotopic (exact) mass is 226 g/mol. The van der Waals surface area contributed by atoms with Crippen molar-refractivity contribution < 1.29 is 0 Å². The lowest BCUT2D eigenvalue weighted by Gasteiger charge is -2.06. The molecule has 2 nitrogen and oxygen atoms in total. The summed E-state index contributed by atoms with van der Waals surface area (Å²) in [7, 11) is 0. The fraction of sp³-hybridized carbons (Fsp3) is 0.700. The van der Waals surface area contributed by atoms with Crippen molar-refractivity contribution in [3.05, 3.63) is 15.6 Å². The number of fused-ring (bicyclic) bond motifs is 1. The molecule has 1 aromatic rings. The topological polar surface area (TPSA) is 24.9 Å². The summed E-state index contributed by atoms with van der Waals surface area (Å²) in [6, 6.07) is 0.565. The number of rotatable bonds is 1. The summed E-state index contributed by atoms with van der Waals surface area (Å²) in [6.07, 6.45) is 3.77. The Morgan fingerprint density at radius 2 is 2.43 bits per heavy atom. The van der Waals surface area contributed by atoms with Gasteiger partial charge in [-0.15, -0.1) is 11.3 Å². The maximum Gasteiger partial charge on any atom is 0.110 e.